The van der Waals surface area contributed by atoms with Crippen molar-refractivity contribution in [3.8, 4) is 6.07 Å². The summed E-state index contributed by atoms with van der Waals surface area (Å²) < 4.78 is 26.5. The molecule has 2 aromatic carbocycles. The fraction of sp³-hybridized carbons (Fsp3) is 0. The van der Waals surface area contributed by atoms with E-state index in [1.807, 2.05) is 0 Å². The van der Waals surface area contributed by atoms with Crippen LogP contribution in [-0.4, -0.2) is 5.91 Å². The highest BCUT2D eigenvalue weighted by molar-refractivity contribution is 6.05. The van der Waals surface area contributed by atoms with Crippen molar-refractivity contribution in [2.75, 3.05) is 11.1 Å². The van der Waals surface area contributed by atoms with Crippen LogP contribution in [0.3, 0.4) is 0 Å². The lowest BCUT2D eigenvalue weighted by molar-refractivity contribution is 0.102. The quantitative estimate of drug-likeness (QED) is 0.825. The maximum absolute atomic E-state index is 13.4. The fourth-order valence-corrected chi connectivity index (χ4v) is 1.68. The normalized spacial score (nSPS) is 9.85. The van der Waals surface area contributed by atoms with Gasteiger partial charge in [-0.05, 0) is 30.3 Å². The van der Waals surface area contributed by atoms with Gasteiger partial charge in [0.1, 0.15) is 23.3 Å². The number of carbonyl (C=O) groups excluding carboxylic acids is 1. The third kappa shape index (κ3) is 2.72. The van der Waals surface area contributed by atoms with E-state index in [1.165, 1.54) is 18.2 Å². The molecule has 0 aliphatic heterocycles. The van der Waals surface area contributed by atoms with Crippen molar-refractivity contribution >= 4 is 17.3 Å². The van der Waals surface area contributed by atoms with Crippen molar-refractivity contribution in [1.29, 1.82) is 5.26 Å². The van der Waals surface area contributed by atoms with Crippen molar-refractivity contribution in [3.05, 3.63) is 59.2 Å². The van der Waals surface area contributed by atoms with E-state index in [9.17, 15) is 13.6 Å². The molecule has 0 saturated carbocycles. The van der Waals surface area contributed by atoms with Crippen LogP contribution in [0.4, 0.5) is 20.2 Å². The van der Waals surface area contributed by atoms with E-state index in [0.29, 0.717) is 0 Å². The zero-order valence-electron chi connectivity index (χ0n) is 10.2. The Bertz CT molecular complexity index is 703. The number of hydrogen-bond acceptors (Lipinski definition) is 3. The van der Waals surface area contributed by atoms with Gasteiger partial charge in [0.05, 0.1) is 5.69 Å². The van der Waals surface area contributed by atoms with Crippen LogP contribution in [0.5, 0.6) is 0 Å². The summed E-state index contributed by atoms with van der Waals surface area (Å²) in [6.07, 6.45) is 0. The van der Waals surface area contributed by atoms with Gasteiger partial charge in [-0.3, -0.25) is 4.79 Å². The summed E-state index contributed by atoms with van der Waals surface area (Å²) in [4.78, 5) is 11.9. The predicted molar refractivity (Wildman–Crippen MR) is 69.9 cm³/mol. The van der Waals surface area contributed by atoms with Crippen molar-refractivity contribution in [3.63, 3.8) is 0 Å². The number of carbonyl (C=O) groups is 1. The van der Waals surface area contributed by atoms with Gasteiger partial charge in [-0.2, -0.15) is 5.26 Å². The Hall–Kier alpha value is -2.94. The number of nitriles is 1. The topological polar surface area (TPSA) is 78.9 Å². The van der Waals surface area contributed by atoms with Crippen molar-refractivity contribution < 1.29 is 13.6 Å². The molecule has 0 fully saturated rings. The average Bonchev–Trinajstić information content (AvgIpc) is 2.37. The molecule has 0 aliphatic carbocycles. The van der Waals surface area contributed by atoms with E-state index in [-0.39, 0.29) is 22.5 Å². The largest absolute Gasteiger partial charge is 0.399 e. The van der Waals surface area contributed by atoms with Crippen LogP contribution in [0.25, 0.3) is 0 Å². The minimum Gasteiger partial charge on any atom is -0.399 e. The molecular weight excluding hydrogens is 264 g/mol. The van der Waals surface area contributed by atoms with E-state index < -0.39 is 17.5 Å². The molecule has 0 atom stereocenters. The first-order chi connectivity index (χ1) is 9.51. The molecular formula is C14H9F2N3O. The maximum atomic E-state index is 13.4. The predicted octanol–water partition coefficient (Wildman–Crippen LogP) is 2.67. The van der Waals surface area contributed by atoms with Crippen LogP contribution < -0.4 is 11.1 Å². The van der Waals surface area contributed by atoms with Crippen molar-refractivity contribution in [1.82, 2.24) is 0 Å². The Labute approximate surface area is 113 Å². The van der Waals surface area contributed by atoms with Gasteiger partial charge >= 0.3 is 0 Å². The second-order valence-corrected chi connectivity index (χ2v) is 4.00. The summed E-state index contributed by atoms with van der Waals surface area (Å²) in [6, 6.07) is 8.84. The van der Waals surface area contributed by atoms with Crippen LogP contribution in [0.15, 0.2) is 36.4 Å². The summed E-state index contributed by atoms with van der Waals surface area (Å²) in [5.41, 5.74) is 5.24. The van der Waals surface area contributed by atoms with Gasteiger partial charge < -0.3 is 11.1 Å². The molecule has 2 rings (SSSR count). The number of nitrogen functional groups attached to an aromatic ring is 1. The minimum absolute atomic E-state index is 0.0142. The second-order valence-electron chi connectivity index (χ2n) is 4.00. The summed E-state index contributed by atoms with van der Waals surface area (Å²) >= 11 is 0. The lowest BCUT2D eigenvalue weighted by Gasteiger charge is -2.08. The van der Waals surface area contributed by atoms with E-state index in [1.54, 1.807) is 6.07 Å². The van der Waals surface area contributed by atoms with Crippen LogP contribution in [0.2, 0.25) is 0 Å². The molecule has 0 spiro atoms. The lowest BCUT2D eigenvalue weighted by Crippen LogP contribution is -2.14. The first kappa shape index (κ1) is 13.5. The highest BCUT2D eigenvalue weighted by Crippen LogP contribution is 2.19. The number of benzene rings is 2. The SMILES string of the molecule is N#Cc1c(F)cccc1NC(=O)c1cc(N)cc(F)c1. The highest BCUT2D eigenvalue weighted by atomic mass is 19.1. The van der Waals surface area contributed by atoms with E-state index in [0.717, 1.165) is 18.2 Å². The third-order valence-corrected chi connectivity index (χ3v) is 2.56. The molecule has 0 aliphatic rings. The Morgan fingerprint density at radius 3 is 2.65 bits per heavy atom. The maximum Gasteiger partial charge on any atom is 0.255 e. The number of hydrogen-bond donors (Lipinski definition) is 2. The fourth-order valence-electron chi connectivity index (χ4n) is 1.68. The van der Waals surface area contributed by atoms with Gasteiger partial charge in [-0.25, -0.2) is 8.78 Å². The number of nitrogens with one attached hydrogen (secondary N) is 1. The number of halogens is 2. The Morgan fingerprint density at radius 1 is 1.25 bits per heavy atom. The highest BCUT2D eigenvalue weighted by Gasteiger charge is 2.13. The smallest absolute Gasteiger partial charge is 0.255 e. The lowest BCUT2D eigenvalue weighted by atomic mass is 10.1. The first-order valence-electron chi connectivity index (χ1n) is 5.57. The molecule has 0 heterocycles. The summed E-state index contributed by atoms with van der Waals surface area (Å²) in [5, 5.41) is 11.2. The van der Waals surface area contributed by atoms with Gasteiger partial charge in [-0.1, -0.05) is 6.07 Å². The molecule has 6 heteroatoms. The van der Waals surface area contributed by atoms with Gasteiger partial charge in [0.15, 0.2) is 0 Å². The zero-order valence-corrected chi connectivity index (χ0v) is 10.2. The Balaban J connectivity index is 2.33. The molecule has 0 radical (unpaired) electrons. The molecule has 1 amide bonds. The Kier molecular flexibility index (Phi) is 3.62. The first-order valence-corrected chi connectivity index (χ1v) is 5.57. The van der Waals surface area contributed by atoms with Crippen LogP contribution in [0, 0.1) is 23.0 Å². The number of rotatable bonds is 2. The van der Waals surface area contributed by atoms with Gasteiger partial charge in [0.2, 0.25) is 0 Å². The van der Waals surface area contributed by atoms with Gasteiger partial charge in [-0.15, -0.1) is 0 Å². The standard InChI is InChI=1S/C14H9F2N3O/c15-9-4-8(5-10(18)6-9)14(20)19-13-3-1-2-12(16)11(13)7-17/h1-6H,18H2,(H,19,20). The molecule has 4 nitrogen and oxygen atoms in total. The van der Waals surface area contributed by atoms with Crippen LogP contribution >= 0.6 is 0 Å². The van der Waals surface area contributed by atoms with Gasteiger partial charge in [0, 0.05) is 11.3 Å². The molecule has 100 valence electrons. The second kappa shape index (κ2) is 5.36. The van der Waals surface area contributed by atoms with Crippen molar-refractivity contribution in [2.24, 2.45) is 0 Å². The van der Waals surface area contributed by atoms with Crippen LogP contribution in [-0.2, 0) is 0 Å². The van der Waals surface area contributed by atoms with E-state index in [2.05, 4.69) is 5.32 Å². The molecule has 0 unspecified atom stereocenters. The summed E-state index contributed by atoms with van der Waals surface area (Å²) in [6.45, 7) is 0. The Morgan fingerprint density at radius 2 is 2.00 bits per heavy atom. The monoisotopic (exact) mass is 273 g/mol. The molecule has 20 heavy (non-hydrogen) atoms. The molecule has 2 aromatic rings. The average molecular weight is 273 g/mol. The molecule has 0 bridgehead atoms. The summed E-state index contributed by atoms with van der Waals surface area (Å²) in [5.74, 6) is -2.09. The molecule has 0 saturated heterocycles. The van der Waals surface area contributed by atoms with E-state index >= 15 is 0 Å². The third-order valence-electron chi connectivity index (χ3n) is 2.56. The number of nitrogens with two attached hydrogens (primary N) is 1. The van der Waals surface area contributed by atoms with Crippen molar-refractivity contribution in [2.45, 2.75) is 0 Å². The molecule has 0 aromatic heterocycles. The zero-order chi connectivity index (χ0) is 14.7. The van der Waals surface area contributed by atoms with Gasteiger partial charge in [0.25, 0.3) is 5.91 Å². The summed E-state index contributed by atoms with van der Waals surface area (Å²) in [7, 11) is 0. The number of amides is 1. The van der Waals surface area contributed by atoms with E-state index in [4.69, 9.17) is 11.0 Å². The molecule has 3 N–H and O–H groups in total. The van der Waals surface area contributed by atoms with Crippen LogP contribution in [0.1, 0.15) is 15.9 Å². The number of nitrogens with zero attached hydrogens (tertiary/aromatic N) is 1. The minimum atomic E-state index is -0.746. The number of anilines is 2.